The van der Waals surface area contributed by atoms with Gasteiger partial charge in [-0.05, 0) is 41.9 Å². The molecule has 3 rings (SSSR count). The van der Waals surface area contributed by atoms with E-state index in [-0.39, 0.29) is 22.0 Å². The fraction of sp³-hybridized carbons (Fsp3) is 0. The fourth-order valence-corrected chi connectivity index (χ4v) is 4.45. The topological polar surface area (TPSA) is 118 Å². The maximum absolute atomic E-state index is 13.2. The average molecular weight is 444 g/mol. The Bertz CT molecular complexity index is 1320. The molecular weight excluding hydrogens is 433 g/mol. The number of phenolic OH excluding ortho intramolecular Hbond substituents is 1. The van der Waals surface area contributed by atoms with Crippen LogP contribution in [0.3, 0.4) is 0 Å². The summed E-state index contributed by atoms with van der Waals surface area (Å²) in [5.74, 6) is -0.413. The van der Waals surface area contributed by atoms with Gasteiger partial charge in [-0.2, -0.15) is 8.42 Å². The van der Waals surface area contributed by atoms with Crippen LogP contribution in [0.25, 0.3) is 10.8 Å². The van der Waals surface area contributed by atoms with Gasteiger partial charge in [0.25, 0.3) is 15.3 Å². The highest BCUT2D eigenvalue weighted by Crippen LogP contribution is 2.34. The molecule has 0 atom stereocenters. The van der Waals surface area contributed by atoms with Gasteiger partial charge in [0, 0.05) is 10.8 Å². The number of sulfonamides is 1. The number of aromatic hydroxyl groups is 1. The van der Waals surface area contributed by atoms with Gasteiger partial charge in [0.05, 0.1) is 21.0 Å². The number of anilines is 1. The molecule has 2 N–H and O–H groups in total. The molecule has 0 aliphatic heterocycles. The molecule has 0 aliphatic rings. The van der Waals surface area contributed by atoms with Crippen molar-refractivity contribution in [3.63, 3.8) is 0 Å². The molecule has 0 aliphatic carbocycles. The van der Waals surface area contributed by atoms with Gasteiger partial charge < -0.3 is 5.11 Å². The van der Waals surface area contributed by atoms with Crippen molar-refractivity contribution in [3.8, 4) is 5.75 Å². The molecule has 3 aromatic carbocycles. The first kappa shape index (κ1) is 20.1. The zero-order chi connectivity index (χ0) is 20.7. The largest absolute Gasteiger partial charge is 0.506 e. The molecule has 0 saturated carbocycles. The highest BCUT2D eigenvalue weighted by molar-refractivity contribution is 7.92. The van der Waals surface area contributed by atoms with E-state index in [0.717, 1.165) is 18.2 Å². The van der Waals surface area contributed by atoms with E-state index < -0.39 is 41.0 Å². The second-order valence-electron chi connectivity index (χ2n) is 5.65. The van der Waals surface area contributed by atoms with Gasteiger partial charge in [0.1, 0.15) is 5.75 Å². The number of rotatable bonds is 5. The van der Waals surface area contributed by atoms with Crippen LogP contribution in [0.2, 0.25) is 0 Å². The number of halogens is 2. The predicted molar refractivity (Wildman–Crippen MR) is 101 cm³/mol. The van der Waals surface area contributed by atoms with Crippen LogP contribution in [-0.2, 0) is 20.2 Å². The van der Waals surface area contributed by atoms with Crippen LogP contribution in [-0.4, -0.2) is 27.2 Å². The monoisotopic (exact) mass is 443 g/mol. The first-order valence-electron chi connectivity index (χ1n) is 7.53. The first-order valence-corrected chi connectivity index (χ1v) is 10.8. The second kappa shape index (κ2) is 7.04. The van der Waals surface area contributed by atoms with E-state index in [9.17, 15) is 30.6 Å². The Morgan fingerprint density at radius 3 is 2.21 bits per heavy atom. The molecule has 0 amide bonds. The number of hydrogen-bond acceptors (Lipinski definition) is 6. The molecular formula is C17H11ClFNO6S2. The first-order chi connectivity index (χ1) is 13.0. The number of carbonyl (C=O) groups excluding carboxylic acids is 1. The lowest BCUT2D eigenvalue weighted by Gasteiger charge is -2.12. The summed E-state index contributed by atoms with van der Waals surface area (Å²) in [5.41, 5.74) is -0.0927. The Hall–Kier alpha value is -2.69. The van der Waals surface area contributed by atoms with Crippen molar-refractivity contribution in [3.05, 3.63) is 60.2 Å². The SMILES string of the molecule is O=C(Cl)c1ccc2c(NS(=O)(=O)c3cccc(S(=O)(=O)F)c3)cccc2c1O. The molecule has 0 fully saturated rings. The second-order valence-corrected chi connectivity index (χ2v) is 9.03. The standard InChI is InChI=1S/C17H11ClFNO6S2/c18-17(22)14-8-7-12-13(16(14)21)5-2-6-15(12)20-28(25,26)11-4-1-3-10(9-11)27(19,23)24/h1-9,20-21H. The molecule has 3 aromatic rings. The van der Waals surface area contributed by atoms with Gasteiger partial charge in [0.15, 0.2) is 0 Å². The Balaban J connectivity index is 2.10. The lowest BCUT2D eigenvalue weighted by molar-refractivity contribution is 0.107. The summed E-state index contributed by atoms with van der Waals surface area (Å²) in [6, 6.07) is 10.7. The zero-order valence-corrected chi connectivity index (χ0v) is 16.1. The molecule has 0 saturated heterocycles. The maximum Gasteiger partial charge on any atom is 0.332 e. The van der Waals surface area contributed by atoms with Gasteiger partial charge in [0.2, 0.25) is 0 Å². The van der Waals surface area contributed by atoms with Crippen LogP contribution in [0, 0.1) is 0 Å². The normalized spacial score (nSPS) is 12.1. The van der Waals surface area contributed by atoms with Crippen LogP contribution in [0.15, 0.2) is 64.4 Å². The van der Waals surface area contributed by atoms with E-state index in [1.165, 1.54) is 30.3 Å². The van der Waals surface area contributed by atoms with Crippen molar-refractivity contribution in [1.82, 2.24) is 0 Å². The quantitative estimate of drug-likeness (QED) is 0.583. The maximum atomic E-state index is 13.2. The number of phenols is 1. The van der Waals surface area contributed by atoms with Crippen molar-refractivity contribution in [1.29, 1.82) is 0 Å². The Labute approximate surface area is 164 Å². The van der Waals surface area contributed by atoms with Crippen LogP contribution in [0.1, 0.15) is 10.4 Å². The van der Waals surface area contributed by atoms with E-state index in [0.29, 0.717) is 6.07 Å². The number of nitrogens with one attached hydrogen (secondary N) is 1. The number of hydrogen-bond donors (Lipinski definition) is 2. The van der Waals surface area contributed by atoms with Gasteiger partial charge in [-0.15, -0.1) is 3.89 Å². The van der Waals surface area contributed by atoms with Gasteiger partial charge >= 0.3 is 10.2 Å². The summed E-state index contributed by atoms with van der Waals surface area (Å²) in [6.07, 6.45) is 0. The van der Waals surface area contributed by atoms with E-state index in [4.69, 9.17) is 11.6 Å². The zero-order valence-electron chi connectivity index (χ0n) is 13.8. The van der Waals surface area contributed by atoms with Crippen LogP contribution >= 0.6 is 11.6 Å². The third-order valence-corrected chi connectivity index (χ3v) is 6.27. The smallest absolute Gasteiger partial charge is 0.332 e. The van der Waals surface area contributed by atoms with E-state index in [1.54, 1.807) is 0 Å². The number of carbonyl (C=O) groups is 1. The van der Waals surface area contributed by atoms with Crippen molar-refractivity contribution < 1.29 is 30.6 Å². The number of fused-ring (bicyclic) bond motifs is 1. The minimum Gasteiger partial charge on any atom is -0.506 e. The van der Waals surface area contributed by atoms with Crippen LogP contribution in [0.4, 0.5) is 9.57 Å². The lowest BCUT2D eigenvalue weighted by atomic mass is 10.0. The van der Waals surface area contributed by atoms with Crippen LogP contribution < -0.4 is 4.72 Å². The third kappa shape index (κ3) is 3.79. The van der Waals surface area contributed by atoms with Crippen molar-refractivity contribution in [2.75, 3.05) is 4.72 Å². The highest BCUT2D eigenvalue weighted by atomic mass is 35.5. The molecule has 146 valence electrons. The van der Waals surface area contributed by atoms with Crippen molar-refractivity contribution in [2.45, 2.75) is 9.79 Å². The van der Waals surface area contributed by atoms with Crippen molar-refractivity contribution in [2.24, 2.45) is 0 Å². The molecule has 0 spiro atoms. The molecule has 11 heteroatoms. The minimum absolute atomic E-state index is 0.0508. The molecule has 0 unspecified atom stereocenters. The van der Waals surface area contributed by atoms with Crippen LogP contribution in [0.5, 0.6) is 5.75 Å². The predicted octanol–water partition coefficient (Wildman–Crippen LogP) is 3.38. The molecule has 0 aromatic heterocycles. The Morgan fingerprint density at radius 1 is 0.929 bits per heavy atom. The summed E-state index contributed by atoms with van der Waals surface area (Å²) >= 11 is 5.40. The number of benzene rings is 3. The summed E-state index contributed by atoms with van der Waals surface area (Å²) in [6.45, 7) is 0. The van der Waals surface area contributed by atoms with Gasteiger partial charge in [-0.25, -0.2) is 8.42 Å². The molecule has 28 heavy (non-hydrogen) atoms. The summed E-state index contributed by atoms with van der Waals surface area (Å²) < 4.78 is 62.7. The fourth-order valence-electron chi connectivity index (χ4n) is 2.59. The van der Waals surface area contributed by atoms with E-state index in [1.807, 2.05) is 0 Å². The lowest BCUT2D eigenvalue weighted by Crippen LogP contribution is -2.13. The Morgan fingerprint density at radius 2 is 1.57 bits per heavy atom. The van der Waals surface area contributed by atoms with E-state index in [2.05, 4.69) is 4.72 Å². The summed E-state index contributed by atoms with van der Waals surface area (Å²) in [4.78, 5) is 10.1. The van der Waals surface area contributed by atoms with Gasteiger partial charge in [-0.3, -0.25) is 9.52 Å². The average Bonchev–Trinajstić information content (AvgIpc) is 2.61. The summed E-state index contributed by atoms with van der Waals surface area (Å²) in [7, 11) is -9.36. The molecule has 7 nitrogen and oxygen atoms in total. The van der Waals surface area contributed by atoms with Gasteiger partial charge in [-0.1, -0.05) is 24.3 Å². The third-order valence-electron chi connectivity index (χ3n) is 3.89. The molecule has 0 radical (unpaired) electrons. The highest BCUT2D eigenvalue weighted by Gasteiger charge is 2.21. The summed E-state index contributed by atoms with van der Waals surface area (Å²) in [5, 5.41) is 9.75. The molecule has 0 bridgehead atoms. The Kier molecular flexibility index (Phi) is 5.04. The minimum atomic E-state index is -5.08. The molecule has 0 heterocycles. The van der Waals surface area contributed by atoms with Crippen molar-refractivity contribution >= 4 is 53.5 Å². The van der Waals surface area contributed by atoms with E-state index >= 15 is 0 Å².